The monoisotopic (exact) mass is 333 g/mol. The van der Waals surface area contributed by atoms with Crippen molar-refractivity contribution in [2.24, 2.45) is 0 Å². The molecule has 0 fully saturated rings. The molecule has 0 aliphatic carbocycles. The van der Waals surface area contributed by atoms with Gasteiger partial charge in [0, 0.05) is 29.1 Å². The highest BCUT2D eigenvalue weighted by molar-refractivity contribution is 6.30. The molecule has 3 rings (SSSR count). The van der Waals surface area contributed by atoms with Crippen LogP contribution in [-0.2, 0) is 6.54 Å². The maximum atomic E-state index is 13.8. The molecule has 0 bridgehead atoms. The van der Waals surface area contributed by atoms with E-state index < -0.39 is 11.4 Å². The predicted octanol–water partition coefficient (Wildman–Crippen LogP) is 4.21. The second-order valence-electron chi connectivity index (χ2n) is 4.93. The van der Waals surface area contributed by atoms with Crippen LogP contribution in [0.4, 0.5) is 10.1 Å². The predicted molar refractivity (Wildman–Crippen MR) is 87.8 cm³/mol. The van der Waals surface area contributed by atoms with Crippen molar-refractivity contribution in [3.05, 3.63) is 69.3 Å². The van der Waals surface area contributed by atoms with E-state index in [9.17, 15) is 9.18 Å². The van der Waals surface area contributed by atoms with Gasteiger partial charge in [0.2, 0.25) is 0 Å². The second-order valence-corrected chi connectivity index (χ2v) is 5.37. The molecule has 0 saturated carbocycles. The van der Waals surface area contributed by atoms with Crippen LogP contribution < -0.4 is 15.7 Å². The number of halogens is 2. The normalized spacial score (nSPS) is 10.7. The Kier molecular flexibility index (Phi) is 4.21. The van der Waals surface area contributed by atoms with Crippen molar-refractivity contribution in [1.82, 2.24) is 0 Å². The number of nitrogens with one attached hydrogen (secondary N) is 1. The van der Waals surface area contributed by atoms with E-state index in [1.165, 1.54) is 19.2 Å². The fourth-order valence-electron chi connectivity index (χ4n) is 2.31. The molecule has 1 heterocycles. The number of rotatable bonds is 4. The molecule has 4 nitrogen and oxygen atoms in total. The van der Waals surface area contributed by atoms with E-state index >= 15 is 0 Å². The summed E-state index contributed by atoms with van der Waals surface area (Å²) in [5.74, 6) is 0.140. The van der Waals surface area contributed by atoms with Crippen molar-refractivity contribution < 1.29 is 13.5 Å². The van der Waals surface area contributed by atoms with Crippen LogP contribution in [0.3, 0.4) is 0 Å². The van der Waals surface area contributed by atoms with Gasteiger partial charge in [0.05, 0.1) is 12.8 Å². The van der Waals surface area contributed by atoms with E-state index in [1.54, 1.807) is 30.3 Å². The van der Waals surface area contributed by atoms with Crippen LogP contribution in [0.25, 0.3) is 11.0 Å². The van der Waals surface area contributed by atoms with E-state index in [0.717, 1.165) is 5.39 Å². The minimum atomic E-state index is -0.473. The fraction of sp³-hybridized carbons (Fsp3) is 0.118. The Morgan fingerprint density at radius 2 is 2.04 bits per heavy atom. The molecule has 0 spiro atoms. The molecule has 0 aliphatic heterocycles. The summed E-state index contributed by atoms with van der Waals surface area (Å²) in [6, 6.07) is 11.0. The van der Waals surface area contributed by atoms with Crippen molar-refractivity contribution in [3.8, 4) is 5.75 Å². The molecule has 118 valence electrons. The Hall–Kier alpha value is -2.53. The number of ether oxygens (including phenoxy) is 1. The number of methoxy groups -OCH3 is 1. The number of benzene rings is 2. The molecule has 3 aromatic rings. The second kappa shape index (κ2) is 6.30. The topological polar surface area (TPSA) is 51.5 Å². The first-order chi connectivity index (χ1) is 11.1. The quantitative estimate of drug-likeness (QED) is 0.727. The van der Waals surface area contributed by atoms with Crippen LogP contribution in [0.1, 0.15) is 5.56 Å². The average Bonchev–Trinajstić information content (AvgIpc) is 2.53. The lowest BCUT2D eigenvalue weighted by Gasteiger charge is -2.10. The van der Waals surface area contributed by atoms with Gasteiger partial charge in [-0.05, 0) is 35.9 Å². The third-order valence-corrected chi connectivity index (χ3v) is 3.67. The van der Waals surface area contributed by atoms with Gasteiger partial charge in [-0.2, -0.15) is 0 Å². The zero-order valence-electron chi connectivity index (χ0n) is 12.2. The molecule has 1 N–H and O–H groups in total. The van der Waals surface area contributed by atoms with E-state index in [0.29, 0.717) is 27.6 Å². The molecule has 23 heavy (non-hydrogen) atoms. The number of hydrogen-bond acceptors (Lipinski definition) is 4. The van der Waals surface area contributed by atoms with Crippen molar-refractivity contribution in [3.63, 3.8) is 0 Å². The third-order valence-electron chi connectivity index (χ3n) is 3.44. The molecular formula is C17H13ClFNO3. The molecule has 2 aromatic carbocycles. The summed E-state index contributed by atoms with van der Waals surface area (Å²) in [5, 5.41) is 4.04. The molecule has 0 saturated heterocycles. The fourth-order valence-corrected chi connectivity index (χ4v) is 2.47. The summed E-state index contributed by atoms with van der Waals surface area (Å²) in [5.41, 5.74) is 0.960. The standard InChI is InChI=1S/C17H13ClFNO3/c1-22-12-3-4-13-10(6-17(21)23-16(13)8-12)9-20-15-5-2-11(18)7-14(15)19/h2-8,20H,9H2,1H3. The minimum absolute atomic E-state index is 0.271. The Labute approximate surface area is 136 Å². The van der Waals surface area contributed by atoms with Crippen LogP contribution in [0, 0.1) is 5.82 Å². The smallest absolute Gasteiger partial charge is 0.336 e. The first-order valence-electron chi connectivity index (χ1n) is 6.86. The Balaban J connectivity index is 1.94. The van der Waals surface area contributed by atoms with Crippen LogP contribution >= 0.6 is 11.6 Å². The van der Waals surface area contributed by atoms with Gasteiger partial charge >= 0.3 is 5.63 Å². The van der Waals surface area contributed by atoms with Gasteiger partial charge in [-0.25, -0.2) is 9.18 Å². The molecule has 0 unspecified atom stereocenters. The van der Waals surface area contributed by atoms with Gasteiger partial charge in [0.15, 0.2) is 0 Å². The first-order valence-corrected chi connectivity index (χ1v) is 7.24. The SMILES string of the molecule is COc1ccc2c(CNc3ccc(Cl)cc3F)cc(=O)oc2c1. The van der Waals surface area contributed by atoms with Gasteiger partial charge < -0.3 is 14.5 Å². The number of anilines is 1. The van der Waals surface area contributed by atoms with Crippen LogP contribution in [0.5, 0.6) is 5.75 Å². The first kappa shape index (κ1) is 15.4. The van der Waals surface area contributed by atoms with E-state index in [1.807, 2.05) is 0 Å². The highest BCUT2D eigenvalue weighted by Crippen LogP contribution is 2.24. The van der Waals surface area contributed by atoms with Gasteiger partial charge in [0.1, 0.15) is 17.1 Å². The van der Waals surface area contributed by atoms with Crippen molar-refractivity contribution in [2.45, 2.75) is 6.54 Å². The summed E-state index contributed by atoms with van der Waals surface area (Å²) in [6.07, 6.45) is 0. The van der Waals surface area contributed by atoms with Gasteiger partial charge in [-0.15, -0.1) is 0 Å². The van der Waals surface area contributed by atoms with Crippen LogP contribution in [0.15, 0.2) is 51.7 Å². The van der Waals surface area contributed by atoms with Gasteiger partial charge in [0.25, 0.3) is 0 Å². The molecule has 6 heteroatoms. The van der Waals surface area contributed by atoms with Crippen molar-refractivity contribution in [2.75, 3.05) is 12.4 Å². The molecule has 1 aromatic heterocycles. The van der Waals surface area contributed by atoms with Crippen molar-refractivity contribution >= 4 is 28.3 Å². The Morgan fingerprint density at radius 3 is 2.78 bits per heavy atom. The molecule has 0 radical (unpaired) electrons. The van der Waals surface area contributed by atoms with E-state index in [4.69, 9.17) is 20.8 Å². The van der Waals surface area contributed by atoms with E-state index in [-0.39, 0.29) is 6.54 Å². The van der Waals surface area contributed by atoms with E-state index in [2.05, 4.69) is 5.32 Å². The number of hydrogen-bond donors (Lipinski definition) is 1. The maximum absolute atomic E-state index is 13.8. The maximum Gasteiger partial charge on any atom is 0.336 e. The molecule has 0 amide bonds. The summed E-state index contributed by atoms with van der Waals surface area (Å²) in [4.78, 5) is 11.7. The van der Waals surface area contributed by atoms with Crippen LogP contribution in [0.2, 0.25) is 5.02 Å². The zero-order valence-corrected chi connectivity index (χ0v) is 13.0. The summed E-state index contributed by atoms with van der Waals surface area (Å²) >= 11 is 5.73. The highest BCUT2D eigenvalue weighted by atomic mass is 35.5. The lowest BCUT2D eigenvalue weighted by atomic mass is 10.1. The van der Waals surface area contributed by atoms with Crippen LogP contribution in [-0.4, -0.2) is 7.11 Å². The average molecular weight is 334 g/mol. The zero-order chi connectivity index (χ0) is 16.4. The molecular weight excluding hydrogens is 321 g/mol. The Morgan fingerprint density at radius 1 is 1.22 bits per heavy atom. The largest absolute Gasteiger partial charge is 0.497 e. The third kappa shape index (κ3) is 3.29. The Bertz CT molecular complexity index is 923. The molecule has 0 atom stereocenters. The highest BCUT2D eigenvalue weighted by Gasteiger charge is 2.08. The summed E-state index contributed by atoms with van der Waals surface area (Å²) in [7, 11) is 1.54. The van der Waals surface area contributed by atoms with Gasteiger partial charge in [-0.3, -0.25) is 0 Å². The number of fused-ring (bicyclic) bond motifs is 1. The van der Waals surface area contributed by atoms with Gasteiger partial charge in [-0.1, -0.05) is 11.6 Å². The lowest BCUT2D eigenvalue weighted by molar-refractivity contribution is 0.414. The minimum Gasteiger partial charge on any atom is -0.497 e. The lowest BCUT2D eigenvalue weighted by Crippen LogP contribution is -2.06. The molecule has 0 aliphatic rings. The summed E-state index contributed by atoms with van der Waals surface area (Å²) < 4.78 is 24.1. The van der Waals surface area contributed by atoms with Crippen molar-refractivity contribution in [1.29, 1.82) is 0 Å². The summed E-state index contributed by atoms with van der Waals surface area (Å²) in [6.45, 7) is 0.271.